The number of nitrogens with one attached hydrogen (secondary N) is 1. The van der Waals surface area contributed by atoms with Gasteiger partial charge in [0.15, 0.2) is 0 Å². The van der Waals surface area contributed by atoms with Crippen molar-refractivity contribution in [2.75, 3.05) is 6.54 Å². The zero-order chi connectivity index (χ0) is 13.0. The first-order chi connectivity index (χ1) is 8.76. The van der Waals surface area contributed by atoms with Crippen molar-refractivity contribution in [3.63, 3.8) is 0 Å². The molecule has 1 unspecified atom stereocenters. The van der Waals surface area contributed by atoms with Crippen LogP contribution in [0.1, 0.15) is 36.8 Å². The van der Waals surface area contributed by atoms with Crippen LogP contribution in [0.5, 0.6) is 0 Å². The van der Waals surface area contributed by atoms with Gasteiger partial charge in [0.1, 0.15) is 0 Å². The number of pyridine rings is 1. The van der Waals surface area contributed by atoms with E-state index in [4.69, 9.17) is 0 Å². The van der Waals surface area contributed by atoms with E-state index in [1.807, 2.05) is 19.2 Å². The molecule has 0 amide bonds. The molecule has 1 N–H and O–H groups in total. The van der Waals surface area contributed by atoms with Crippen LogP contribution in [0.3, 0.4) is 0 Å². The van der Waals surface area contributed by atoms with Gasteiger partial charge in [-0.15, -0.1) is 0 Å². The molecule has 0 radical (unpaired) electrons. The van der Waals surface area contributed by atoms with Crippen molar-refractivity contribution in [2.45, 2.75) is 33.4 Å². The monoisotopic (exact) mass is 244 g/mol. The fourth-order valence-electron chi connectivity index (χ4n) is 2.20. The van der Waals surface area contributed by atoms with Gasteiger partial charge in [-0.25, -0.2) is 0 Å². The molecule has 2 heterocycles. The fraction of sp³-hybridized carbons (Fsp3) is 0.429. The second-order valence-corrected chi connectivity index (χ2v) is 4.30. The molecule has 0 saturated carbocycles. The largest absolute Gasteiger partial charge is 0.305 e. The van der Waals surface area contributed by atoms with Gasteiger partial charge >= 0.3 is 0 Å². The normalized spacial score (nSPS) is 12.6. The zero-order valence-electron chi connectivity index (χ0n) is 11.2. The minimum Gasteiger partial charge on any atom is -0.305 e. The number of nitrogens with zero attached hydrogens (tertiary/aromatic N) is 3. The van der Waals surface area contributed by atoms with Crippen LogP contribution in [0, 0.1) is 6.92 Å². The molecule has 0 fully saturated rings. The second-order valence-electron chi connectivity index (χ2n) is 4.30. The average Bonchev–Trinajstić information content (AvgIpc) is 2.78. The van der Waals surface area contributed by atoms with Crippen LogP contribution in [0.4, 0.5) is 0 Å². The molecule has 2 rings (SSSR count). The van der Waals surface area contributed by atoms with E-state index in [9.17, 15) is 0 Å². The minimum atomic E-state index is 0.157. The van der Waals surface area contributed by atoms with E-state index in [-0.39, 0.29) is 6.04 Å². The van der Waals surface area contributed by atoms with Crippen molar-refractivity contribution in [2.24, 2.45) is 0 Å². The molecule has 0 aliphatic heterocycles. The van der Waals surface area contributed by atoms with Gasteiger partial charge in [0.05, 0.1) is 17.4 Å². The molecular formula is C14H20N4. The van der Waals surface area contributed by atoms with Crippen LogP contribution in [0.25, 0.3) is 0 Å². The lowest BCUT2D eigenvalue weighted by Crippen LogP contribution is -2.24. The second kappa shape index (κ2) is 5.78. The third-order valence-electron chi connectivity index (χ3n) is 2.95. The zero-order valence-corrected chi connectivity index (χ0v) is 11.2. The molecule has 0 aliphatic carbocycles. The smallest absolute Gasteiger partial charge is 0.0763 e. The van der Waals surface area contributed by atoms with E-state index in [1.165, 1.54) is 11.3 Å². The molecule has 96 valence electrons. The Bertz CT molecular complexity index is 490. The molecule has 0 spiro atoms. The van der Waals surface area contributed by atoms with Crippen LogP contribution in [0.15, 0.2) is 30.6 Å². The molecule has 4 heteroatoms. The van der Waals surface area contributed by atoms with Crippen molar-refractivity contribution >= 4 is 0 Å². The molecule has 1 atom stereocenters. The molecule has 0 aliphatic rings. The van der Waals surface area contributed by atoms with Gasteiger partial charge in [-0.05, 0) is 38.1 Å². The molecule has 2 aromatic heterocycles. The molecule has 4 nitrogen and oxygen atoms in total. The molecular weight excluding hydrogens is 224 g/mol. The Labute approximate surface area is 108 Å². The van der Waals surface area contributed by atoms with Gasteiger partial charge in [-0.3, -0.25) is 9.67 Å². The van der Waals surface area contributed by atoms with E-state index < -0.39 is 0 Å². The maximum Gasteiger partial charge on any atom is 0.0763 e. The Morgan fingerprint density at radius 2 is 2.22 bits per heavy atom. The van der Waals surface area contributed by atoms with E-state index in [0.717, 1.165) is 18.8 Å². The summed E-state index contributed by atoms with van der Waals surface area (Å²) in [5.74, 6) is 0. The summed E-state index contributed by atoms with van der Waals surface area (Å²) in [5.41, 5.74) is 3.43. The Morgan fingerprint density at radius 1 is 1.39 bits per heavy atom. The standard InChI is InChI=1S/C14H20N4/c1-4-16-14(12-7-6-8-15-10-12)13-9-11(3)17-18(13)5-2/h6-10,14,16H,4-5H2,1-3H3. The number of hydrogen-bond donors (Lipinski definition) is 1. The fourth-order valence-corrected chi connectivity index (χ4v) is 2.20. The van der Waals surface area contributed by atoms with Gasteiger partial charge in [-0.2, -0.15) is 5.10 Å². The predicted molar refractivity (Wildman–Crippen MR) is 72.4 cm³/mol. The highest BCUT2D eigenvalue weighted by Crippen LogP contribution is 2.22. The SMILES string of the molecule is CCNC(c1cccnc1)c1cc(C)nn1CC. The van der Waals surface area contributed by atoms with Crippen LogP contribution in [-0.2, 0) is 6.54 Å². The number of aryl methyl sites for hydroxylation is 2. The lowest BCUT2D eigenvalue weighted by molar-refractivity contribution is 0.540. The summed E-state index contributed by atoms with van der Waals surface area (Å²) in [4.78, 5) is 4.21. The summed E-state index contributed by atoms with van der Waals surface area (Å²) in [7, 11) is 0. The highest BCUT2D eigenvalue weighted by atomic mass is 15.3. The highest BCUT2D eigenvalue weighted by molar-refractivity contribution is 5.26. The molecule has 0 saturated heterocycles. The topological polar surface area (TPSA) is 42.7 Å². The minimum absolute atomic E-state index is 0.157. The van der Waals surface area contributed by atoms with Gasteiger partial charge in [-0.1, -0.05) is 13.0 Å². The van der Waals surface area contributed by atoms with Gasteiger partial charge < -0.3 is 5.32 Å². The van der Waals surface area contributed by atoms with Crippen LogP contribution in [-0.4, -0.2) is 21.3 Å². The van der Waals surface area contributed by atoms with Gasteiger partial charge in [0, 0.05) is 18.9 Å². The third kappa shape index (κ3) is 2.59. The first kappa shape index (κ1) is 12.8. The Hall–Kier alpha value is -1.68. The van der Waals surface area contributed by atoms with Crippen LogP contribution in [0.2, 0.25) is 0 Å². The van der Waals surface area contributed by atoms with Crippen molar-refractivity contribution in [1.29, 1.82) is 0 Å². The molecule has 0 aromatic carbocycles. The number of aromatic nitrogens is 3. The lowest BCUT2D eigenvalue weighted by atomic mass is 10.1. The Kier molecular flexibility index (Phi) is 4.10. The molecule has 18 heavy (non-hydrogen) atoms. The van der Waals surface area contributed by atoms with Crippen molar-refractivity contribution < 1.29 is 0 Å². The average molecular weight is 244 g/mol. The van der Waals surface area contributed by atoms with E-state index in [1.54, 1.807) is 6.20 Å². The summed E-state index contributed by atoms with van der Waals surface area (Å²) >= 11 is 0. The van der Waals surface area contributed by atoms with Crippen molar-refractivity contribution in [3.8, 4) is 0 Å². The highest BCUT2D eigenvalue weighted by Gasteiger charge is 2.18. The summed E-state index contributed by atoms with van der Waals surface area (Å²) < 4.78 is 2.05. The Balaban J connectivity index is 2.41. The lowest BCUT2D eigenvalue weighted by Gasteiger charge is -2.19. The predicted octanol–water partition coefficient (Wildman–Crippen LogP) is 2.31. The summed E-state index contributed by atoms with van der Waals surface area (Å²) in [5, 5.41) is 8.02. The summed E-state index contributed by atoms with van der Waals surface area (Å²) in [6.45, 7) is 8.05. The van der Waals surface area contributed by atoms with Gasteiger partial charge in [0.25, 0.3) is 0 Å². The van der Waals surface area contributed by atoms with Crippen LogP contribution >= 0.6 is 0 Å². The molecule has 0 bridgehead atoms. The third-order valence-corrected chi connectivity index (χ3v) is 2.95. The van der Waals surface area contributed by atoms with E-state index >= 15 is 0 Å². The first-order valence-electron chi connectivity index (χ1n) is 6.43. The van der Waals surface area contributed by atoms with E-state index in [2.05, 4.69) is 46.1 Å². The van der Waals surface area contributed by atoms with E-state index in [0.29, 0.717) is 0 Å². The quantitative estimate of drug-likeness (QED) is 0.877. The van der Waals surface area contributed by atoms with Crippen molar-refractivity contribution in [3.05, 3.63) is 47.5 Å². The number of rotatable bonds is 5. The first-order valence-corrected chi connectivity index (χ1v) is 6.43. The summed E-state index contributed by atoms with van der Waals surface area (Å²) in [6.07, 6.45) is 3.71. The van der Waals surface area contributed by atoms with Crippen molar-refractivity contribution in [1.82, 2.24) is 20.1 Å². The molecule has 2 aromatic rings. The summed E-state index contributed by atoms with van der Waals surface area (Å²) in [6, 6.07) is 6.37. The van der Waals surface area contributed by atoms with Crippen LogP contribution < -0.4 is 5.32 Å². The Morgan fingerprint density at radius 3 is 2.83 bits per heavy atom. The number of hydrogen-bond acceptors (Lipinski definition) is 3. The maximum atomic E-state index is 4.51. The maximum absolute atomic E-state index is 4.51. The van der Waals surface area contributed by atoms with Gasteiger partial charge in [0.2, 0.25) is 0 Å².